The predicted octanol–water partition coefficient (Wildman–Crippen LogP) is 2.86. The van der Waals surface area contributed by atoms with Crippen molar-refractivity contribution < 1.29 is 4.79 Å². The van der Waals surface area contributed by atoms with Crippen LogP contribution in [0.2, 0.25) is 0 Å². The Morgan fingerprint density at radius 3 is 2.86 bits per heavy atom. The third kappa shape index (κ3) is 4.47. The van der Waals surface area contributed by atoms with Crippen LogP contribution >= 0.6 is 24.8 Å². The number of nitrogens with one attached hydrogen (secondary N) is 3. The van der Waals surface area contributed by atoms with Gasteiger partial charge in [-0.25, -0.2) is 4.98 Å². The van der Waals surface area contributed by atoms with E-state index in [1.54, 1.807) is 12.4 Å². The highest BCUT2D eigenvalue weighted by Gasteiger charge is 2.20. The highest BCUT2D eigenvalue weighted by molar-refractivity contribution is 5.93. The molecule has 1 aliphatic heterocycles. The first kappa shape index (κ1) is 18.5. The molecule has 0 spiro atoms. The summed E-state index contributed by atoms with van der Waals surface area (Å²) in [6.45, 7) is 1.78. The summed E-state index contributed by atoms with van der Waals surface area (Å²) in [4.78, 5) is 19.5. The molecule has 0 bridgehead atoms. The second-order valence-electron chi connectivity index (χ2n) is 5.05. The summed E-state index contributed by atoms with van der Waals surface area (Å²) >= 11 is 0. The average Bonchev–Trinajstić information content (AvgIpc) is 3.03. The predicted molar refractivity (Wildman–Crippen MR) is 92.7 cm³/mol. The van der Waals surface area contributed by atoms with Gasteiger partial charge in [0, 0.05) is 30.2 Å². The van der Waals surface area contributed by atoms with Crippen LogP contribution in [0.15, 0.2) is 36.7 Å². The highest BCUT2D eigenvalue weighted by Crippen LogP contribution is 2.20. The fourth-order valence-corrected chi connectivity index (χ4v) is 2.49. The normalized spacial score (nSPS) is 17.0. The zero-order valence-corrected chi connectivity index (χ0v) is 13.7. The van der Waals surface area contributed by atoms with Gasteiger partial charge in [-0.15, -0.1) is 24.8 Å². The Morgan fingerprint density at radius 1 is 1.32 bits per heavy atom. The van der Waals surface area contributed by atoms with Gasteiger partial charge in [0.25, 0.3) is 0 Å². The topological polar surface area (TPSA) is 69.8 Å². The molecular weight excluding hydrogens is 323 g/mol. The molecule has 2 aromatic rings. The minimum absolute atomic E-state index is 0. The van der Waals surface area contributed by atoms with E-state index in [1.165, 1.54) is 0 Å². The standard InChI is InChI=1S/C15H18N4O.2ClH/c20-15(12-4-2-6-16-10-12)19-13-5-1-3-11(9-13)14-17-7-8-18-14;;/h1,3,5,7-9,12,16H,2,4,6,10H2,(H,17,18)(H,19,20);2*1H. The summed E-state index contributed by atoms with van der Waals surface area (Å²) in [5.74, 6) is 0.963. The van der Waals surface area contributed by atoms with Crippen molar-refractivity contribution in [1.82, 2.24) is 15.3 Å². The number of piperidine rings is 1. The molecule has 0 aliphatic carbocycles. The van der Waals surface area contributed by atoms with Crippen LogP contribution in [0.1, 0.15) is 12.8 Å². The van der Waals surface area contributed by atoms with E-state index < -0.39 is 0 Å². The van der Waals surface area contributed by atoms with Crippen molar-refractivity contribution in [3.63, 3.8) is 0 Å². The number of halogens is 2. The van der Waals surface area contributed by atoms with Crippen molar-refractivity contribution in [2.24, 2.45) is 5.92 Å². The fraction of sp³-hybridized carbons (Fsp3) is 0.333. The molecule has 1 atom stereocenters. The first-order chi connectivity index (χ1) is 9.83. The second-order valence-corrected chi connectivity index (χ2v) is 5.05. The number of hydrogen-bond donors (Lipinski definition) is 3. The van der Waals surface area contributed by atoms with E-state index >= 15 is 0 Å². The first-order valence-electron chi connectivity index (χ1n) is 6.94. The van der Waals surface area contributed by atoms with Crippen molar-refractivity contribution >= 4 is 36.4 Å². The molecule has 1 unspecified atom stereocenters. The summed E-state index contributed by atoms with van der Waals surface area (Å²) in [5, 5.41) is 6.25. The zero-order valence-electron chi connectivity index (χ0n) is 12.0. The number of nitrogens with zero attached hydrogens (tertiary/aromatic N) is 1. The summed E-state index contributed by atoms with van der Waals surface area (Å²) in [7, 11) is 0. The van der Waals surface area contributed by atoms with Crippen molar-refractivity contribution in [2.75, 3.05) is 18.4 Å². The van der Waals surface area contributed by atoms with Gasteiger partial charge >= 0.3 is 0 Å². The van der Waals surface area contributed by atoms with Gasteiger partial charge in [0.05, 0.1) is 5.92 Å². The number of rotatable bonds is 3. The summed E-state index contributed by atoms with van der Waals surface area (Å²) in [5.41, 5.74) is 1.78. The van der Waals surface area contributed by atoms with Crippen molar-refractivity contribution in [3.8, 4) is 11.4 Å². The van der Waals surface area contributed by atoms with Crippen molar-refractivity contribution in [2.45, 2.75) is 12.8 Å². The SMILES string of the molecule is Cl.Cl.O=C(Nc1cccc(-c2ncc[nH]2)c1)C1CCCNC1. The van der Waals surface area contributed by atoms with Crippen LogP contribution < -0.4 is 10.6 Å². The molecule has 7 heteroatoms. The van der Waals surface area contributed by atoms with Gasteiger partial charge in [0.1, 0.15) is 5.82 Å². The molecule has 1 aromatic heterocycles. The number of imidazole rings is 1. The van der Waals surface area contributed by atoms with E-state index in [9.17, 15) is 4.79 Å². The lowest BCUT2D eigenvalue weighted by Crippen LogP contribution is -2.37. The largest absolute Gasteiger partial charge is 0.345 e. The summed E-state index contributed by atoms with van der Waals surface area (Å²) in [6.07, 6.45) is 5.52. The van der Waals surface area contributed by atoms with E-state index in [4.69, 9.17) is 0 Å². The Labute approximate surface area is 142 Å². The minimum Gasteiger partial charge on any atom is -0.345 e. The van der Waals surface area contributed by atoms with Gasteiger partial charge in [0.2, 0.25) is 5.91 Å². The molecule has 1 amide bonds. The fourth-order valence-electron chi connectivity index (χ4n) is 2.49. The lowest BCUT2D eigenvalue weighted by molar-refractivity contribution is -0.120. The van der Waals surface area contributed by atoms with E-state index in [2.05, 4.69) is 20.6 Å². The molecule has 1 aliphatic rings. The Bertz CT molecular complexity index is 583. The molecule has 1 aromatic carbocycles. The van der Waals surface area contributed by atoms with Gasteiger partial charge in [-0.2, -0.15) is 0 Å². The Balaban J connectivity index is 0.00000121. The molecule has 0 radical (unpaired) electrons. The number of H-pyrrole nitrogens is 1. The zero-order chi connectivity index (χ0) is 13.8. The Hall–Kier alpha value is -1.56. The van der Waals surface area contributed by atoms with Crippen molar-refractivity contribution in [1.29, 1.82) is 0 Å². The third-order valence-electron chi connectivity index (χ3n) is 3.57. The highest BCUT2D eigenvalue weighted by atomic mass is 35.5. The van der Waals surface area contributed by atoms with E-state index in [0.29, 0.717) is 0 Å². The van der Waals surface area contributed by atoms with E-state index in [0.717, 1.165) is 43.0 Å². The van der Waals surface area contributed by atoms with E-state index in [1.807, 2.05) is 24.3 Å². The monoisotopic (exact) mass is 342 g/mol. The van der Waals surface area contributed by atoms with Gasteiger partial charge in [-0.05, 0) is 31.5 Å². The quantitative estimate of drug-likeness (QED) is 0.803. The number of aromatic amines is 1. The molecule has 22 heavy (non-hydrogen) atoms. The Kier molecular flexibility index (Phi) is 7.38. The maximum absolute atomic E-state index is 12.2. The molecule has 0 saturated carbocycles. The van der Waals surface area contributed by atoms with Crippen LogP contribution in [-0.2, 0) is 4.79 Å². The van der Waals surface area contributed by atoms with Crippen LogP contribution in [0.3, 0.4) is 0 Å². The average molecular weight is 343 g/mol. The molecule has 120 valence electrons. The molecule has 1 fully saturated rings. The maximum atomic E-state index is 12.2. The smallest absolute Gasteiger partial charge is 0.228 e. The molecule has 3 rings (SSSR count). The van der Waals surface area contributed by atoms with Gasteiger partial charge in [-0.1, -0.05) is 12.1 Å². The van der Waals surface area contributed by atoms with Gasteiger partial charge in [0.15, 0.2) is 0 Å². The van der Waals surface area contributed by atoms with Crippen LogP contribution in [0.25, 0.3) is 11.4 Å². The Morgan fingerprint density at radius 2 is 2.18 bits per heavy atom. The van der Waals surface area contributed by atoms with Crippen molar-refractivity contribution in [3.05, 3.63) is 36.7 Å². The van der Waals surface area contributed by atoms with Crippen LogP contribution in [-0.4, -0.2) is 29.0 Å². The lowest BCUT2D eigenvalue weighted by atomic mass is 9.99. The van der Waals surface area contributed by atoms with Crippen LogP contribution in [0.4, 0.5) is 5.69 Å². The number of amides is 1. The van der Waals surface area contributed by atoms with Crippen LogP contribution in [0.5, 0.6) is 0 Å². The molecule has 1 saturated heterocycles. The maximum Gasteiger partial charge on any atom is 0.228 e. The summed E-state index contributed by atoms with van der Waals surface area (Å²) < 4.78 is 0. The number of anilines is 1. The number of carbonyl (C=O) groups is 1. The number of aromatic nitrogens is 2. The lowest BCUT2D eigenvalue weighted by Gasteiger charge is -2.21. The number of carbonyl (C=O) groups excluding carboxylic acids is 1. The van der Waals surface area contributed by atoms with Crippen LogP contribution in [0, 0.1) is 5.92 Å². The van der Waals surface area contributed by atoms with Gasteiger partial charge < -0.3 is 15.6 Å². The third-order valence-corrected chi connectivity index (χ3v) is 3.57. The molecule has 3 N–H and O–H groups in total. The van der Waals surface area contributed by atoms with Gasteiger partial charge in [-0.3, -0.25) is 4.79 Å². The number of hydrogen-bond acceptors (Lipinski definition) is 3. The number of benzene rings is 1. The molecule has 2 heterocycles. The minimum atomic E-state index is 0. The molecule has 5 nitrogen and oxygen atoms in total. The summed E-state index contributed by atoms with van der Waals surface area (Å²) in [6, 6.07) is 7.73. The first-order valence-corrected chi connectivity index (χ1v) is 6.94. The van der Waals surface area contributed by atoms with E-state index in [-0.39, 0.29) is 36.6 Å². The molecular formula is C15H20Cl2N4O. The second kappa shape index (κ2) is 8.78.